The molecule has 2 aromatic heterocycles. The lowest BCUT2D eigenvalue weighted by atomic mass is 9.86. The maximum atomic E-state index is 14.0. The zero-order valence-electron chi connectivity index (χ0n) is 17.4. The maximum absolute atomic E-state index is 14.0. The zero-order valence-corrected chi connectivity index (χ0v) is 17.4. The summed E-state index contributed by atoms with van der Waals surface area (Å²) in [6.45, 7) is 1.51. The summed E-state index contributed by atoms with van der Waals surface area (Å²) in [5, 5.41) is 14.9. The van der Waals surface area contributed by atoms with Gasteiger partial charge in [-0.2, -0.15) is 0 Å². The number of benzene rings is 1. The molecule has 0 aliphatic carbocycles. The summed E-state index contributed by atoms with van der Waals surface area (Å²) in [5.74, 6) is -2.94. The topological polar surface area (TPSA) is 130 Å². The van der Waals surface area contributed by atoms with Crippen molar-refractivity contribution in [1.29, 1.82) is 0 Å². The number of halogens is 2. The van der Waals surface area contributed by atoms with Gasteiger partial charge in [0.2, 0.25) is 0 Å². The highest BCUT2D eigenvalue weighted by Crippen LogP contribution is 2.40. The maximum Gasteiger partial charge on any atom is 0.343 e. The second-order valence-corrected chi connectivity index (χ2v) is 8.01. The van der Waals surface area contributed by atoms with Crippen molar-refractivity contribution >= 4 is 16.9 Å². The number of nitrogens with zero attached hydrogens (tertiary/aromatic N) is 5. The van der Waals surface area contributed by atoms with Crippen LogP contribution in [0.2, 0.25) is 0 Å². The van der Waals surface area contributed by atoms with Crippen molar-refractivity contribution in [1.82, 2.24) is 9.55 Å². The zero-order chi connectivity index (χ0) is 23.5. The number of carbonyl (C=O) groups excluding carboxylic acids is 1. The second-order valence-electron chi connectivity index (χ2n) is 8.01. The van der Waals surface area contributed by atoms with Crippen molar-refractivity contribution in [2.75, 3.05) is 6.54 Å². The first-order chi connectivity index (χ1) is 15.8. The molecule has 11 heteroatoms. The van der Waals surface area contributed by atoms with E-state index >= 15 is 0 Å². The van der Waals surface area contributed by atoms with Crippen LogP contribution in [-0.4, -0.2) is 27.2 Å². The Morgan fingerprint density at radius 3 is 2.76 bits per heavy atom. The molecule has 3 aromatic rings. The van der Waals surface area contributed by atoms with Gasteiger partial charge in [0.15, 0.2) is 17.2 Å². The average molecular weight is 453 g/mol. The Morgan fingerprint density at radius 1 is 1.27 bits per heavy atom. The molecule has 0 unspecified atom stereocenters. The van der Waals surface area contributed by atoms with Crippen LogP contribution in [0, 0.1) is 11.6 Å². The Labute approximate surface area is 184 Å². The molecule has 0 bridgehead atoms. The summed E-state index contributed by atoms with van der Waals surface area (Å²) in [4.78, 5) is 32.8. The number of ether oxygens (including phenoxy) is 1. The van der Waals surface area contributed by atoms with Crippen LogP contribution in [0.25, 0.3) is 32.7 Å². The van der Waals surface area contributed by atoms with Gasteiger partial charge in [0.1, 0.15) is 6.61 Å². The Kier molecular flexibility index (Phi) is 4.70. The lowest BCUT2D eigenvalue weighted by molar-refractivity contribution is -0.172. The normalized spacial score (nSPS) is 18.4. The molecular formula is C22H17F2N5O4. The molecule has 2 aliphatic heterocycles. The number of cyclic esters (lactones) is 1. The van der Waals surface area contributed by atoms with Crippen LogP contribution in [0.3, 0.4) is 0 Å². The number of pyridine rings is 2. The lowest BCUT2D eigenvalue weighted by Crippen LogP contribution is -2.44. The molecular weight excluding hydrogens is 436 g/mol. The van der Waals surface area contributed by atoms with Crippen molar-refractivity contribution in [3.8, 4) is 11.4 Å². The quantitative estimate of drug-likeness (QED) is 0.219. The average Bonchev–Trinajstić information content (AvgIpc) is 3.16. The van der Waals surface area contributed by atoms with Gasteiger partial charge in [0.25, 0.3) is 5.56 Å². The summed E-state index contributed by atoms with van der Waals surface area (Å²) in [5.41, 5.74) is 8.65. The number of esters is 1. The molecule has 0 spiro atoms. The van der Waals surface area contributed by atoms with Gasteiger partial charge in [-0.25, -0.2) is 18.6 Å². The number of rotatable bonds is 4. The van der Waals surface area contributed by atoms with E-state index < -0.39 is 28.8 Å². The molecule has 0 amide bonds. The smallest absolute Gasteiger partial charge is 0.343 e. The van der Waals surface area contributed by atoms with Crippen LogP contribution < -0.4 is 5.56 Å². The van der Waals surface area contributed by atoms with Crippen LogP contribution in [0.4, 0.5) is 8.78 Å². The fraction of sp³-hybridized carbons (Fsp3) is 0.318. The van der Waals surface area contributed by atoms with Crippen molar-refractivity contribution < 1.29 is 23.4 Å². The van der Waals surface area contributed by atoms with Gasteiger partial charge < -0.3 is 14.4 Å². The molecule has 1 aromatic carbocycles. The first-order valence-corrected chi connectivity index (χ1v) is 10.3. The largest absolute Gasteiger partial charge is 0.458 e. The predicted molar refractivity (Wildman–Crippen MR) is 112 cm³/mol. The summed E-state index contributed by atoms with van der Waals surface area (Å²) >= 11 is 0. The van der Waals surface area contributed by atoms with Crippen LogP contribution in [0.5, 0.6) is 0 Å². The number of aromatic nitrogens is 2. The van der Waals surface area contributed by atoms with Gasteiger partial charge in [-0.05, 0) is 36.1 Å². The van der Waals surface area contributed by atoms with Crippen LogP contribution in [-0.2, 0) is 34.7 Å². The highest BCUT2D eigenvalue weighted by atomic mass is 19.2. The number of azide groups is 1. The molecule has 0 fully saturated rings. The SMILES string of the molecule is CC[C@@]1(O)C(=O)OCc2c1cc1n(c2=O)Cc2c-1nc1cc(F)c(F)cc1c2CCN=[N+]=[N-]. The molecule has 0 saturated heterocycles. The molecule has 1 atom stereocenters. The van der Waals surface area contributed by atoms with Gasteiger partial charge in [-0.1, -0.05) is 12.0 Å². The van der Waals surface area contributed by atoms with E-state index in [1.165, 1.54) is 4.57 Å². The first kappa shape index (κ1) is 21.0. The van der Waals surface area contributed by atoms with E-state index in [1.54, 1.807) is 13.0 Å². The van der Waals surface area contributed by atoms with Crippen LogP contribution in [0.15, 0.2) is 28.1 Å². The molecule has 4 heterocycles. The predicted octanol–water partition coefficient (Wildman–Crippen LogP) is 3.21. The lowest BCUT2D eigenvalue weighted by Gasteiger charge is -2.31. The van der Waals surface area contributed by atoms with Crippen LogP contribution >= 0.6 is 0 Å². The van der Waals surface area contributed by atoms with E-state index in [0.717, 1.165) is 12.1 Å². The van der Waals surface area contributed by atoms with Crippen LogP contribution in [0.1, 0.15) is 35.6 Å². The molecule has 33 heavy (non-hydrogen) atoms. The van der Waals surface area contributed by atoms with Gasteiger partial charge in [-0.15, -0.1) is 0 Å². The van der Waals surface area contributed by atoms with E-state index in [0.29, 0.717) is 27.9 Å². The Bertz CT molecular complexity index is 1480. The molecule has 0 radical (unpaired) electrons. The van der Waals surface area contributed by atoms with Gasteiger partial charge in [0.05, 0.1) is 29.0 Å². The van der Waals surface area contributed by atoms with Crippen molar-refractivity contribution in [3.63, 3.8) is 0 Å². The van der Waals surface area contributed by atoms with Gasteiger partial charge in [-0.3, -0.25) is 4.79 Å². The second kappa shape index (κ2) is 7.36. The number of hydrogen-bond donors (Lipinski definition) is 1. The molecule has 9 nitrogen and oxygen atoms in total. The van der Waals surface area contributed by atoms with Gasteiger partial charge in [0, 0.05) is 34.0 Å². The molecule has 168 valence electrons. The number of aliphatic hydroxyl groups is 1. The molecule has 5 rings (SSSR count). The van der Waals surface area contributed by atoms with Crippen molar-refractivity contribution in [3.05, 3.63) is 72.9 Å². The summed E-state index contributed by atoms with van der Waals surface area (Å²) in [6, 6.07) is 3.56. The molecule has 0 saturated carbocycles. The van der Waals surface area contributed by atoms with E-state index in [9.17, 15) is 23.5 Å². The monoisotopic (exact) mass is 453 g/mol. The van der Waals surface area contributed by atoms with Crippen molar-refractivity contribution in [2.45, 2.75) is 38.5 Å². The van der Waals surface area contributed by atoms with E-state index in [-0.39, 0.29) is 49.2 Å². The third-order valence-corrected chi connectivity index (χ3v) is 6.37. The third kappa shape index (κ3) is 2.93. The number of fused-ring (bicyclic) bond motifs is 5. The third-order valence-electron chi connectivity index (χ3n) is 6.37. The minimum Gasteiger partial charge on any atom is -0.458 e. The fourth-order valence-corrected chi connectivity index (χ4v) is 4.65. The number of hydrogen-bond acceptors (Lipinski definition) is 6. The summed E-state index contributed by atoms with van der Waals surface area (Å²) < 4.78 is 34.5. The summed E-state index contributed by atoms with van der Waals surface area (Å²) in [6.07, 6.45) is 0.223. The van der Waals surface area contributed by atoms with E-state index in [2.05, 4.69) is 15.0 Å². The minimum atomic E-state index is -1.97. The van der Waals surface area contributed by atoms with E-state index in [4.69, 9.17) is 10.3 Å². The van der Waals surface area contributed by atoms with Gasteiger partial charge >= 0.3 is 5.97 Å². The van der Waals surface area contributed by atoms with Crippen molar-refractivity contribution in [2.24, 2.45) is 5.11 Å². The Balaban J connectivity index is 1.81. The summed E-state index contributed by atoms with van der Waals surface area (Å²) in [7, 11) is 0. The Hall–Kier alpha value is -3.82. The molecule has 2 aliphatic rings. The highest BCUT2D eigenvalue weighted by molar-refractivity contribution is 5.89. The standard InChI is InChI=1S/C22H17F2N5O4/c1-2-22(32)14-6-18-19-12(8-29(18)20(30)13(14)9-33-21(22)31)10(3-4-26-28-25)11-5-15(23)16(24)7-17(11)27-19/h5-7,32H,2-4,8-9H2,1H3/t22-/m0/s1. The highest BCUT2D eigenvalue weighted by Gasteiger charge is 2.45. The van der Waals surface area contributed by atoms with E-state index in [1.807, 2.05) is 0 Å². The Morgan fingerprint density at radius 2 is 2.03 bits per heavy atom. The number of carbonyl (C=O) groups is 1. The molecule has 1 N–H and O–H groups in total. The first-order valence-electron chi connectivity index (χ1n) is 10.3. The minimum absolute atomic E-state index is 0.00162. The fourth-order valence-electron chi connectivity index (χ4n) is 4.65.